The standard InChI is InChI=1S/C16H21NO2/c1-3-12-7-8-13(11-17)16(9-12)19-15-6-4-5-14(10-15)18-2/h4-6,10,12-13,16H,3,7-9H2,1-2H3. The van der Waals surface area contributed by atoms with Crippen LogP contribution < -0.4 is 9.47 Å². The summed E-state index contributed by atoms with van der Waals surface area (Å²) >= 11 is 0. The Kier molecular flexibility index (Phi) is 4.68. The molecule has 0 saturated heterocycles. The molecule has 0 bridgehead atoms. The molecule has 3 unspecified atom stereocenters. The lowest BCUT2D eigenvalue weighted by Crippen LogP contribution is -2.33. The Morgan fingerprint density at radius 3 is 2.79 bits per heavy atom. The van der Waals surface area contributed by atoms with Gasteiger partial charge in [-0.05, 0) is 37.3 Å². The molecule has 0 heterocycles. The second kappa shape index (κ2) is 6.47. The fraction of sp³-hybridized carbons (Fsp3) is 0.562. The van der Waals surface area contributed by atoms with E-state index in [1.807, 2.05) is 24.3 Å². The van der Waals surface area contributed by atoms with Gasteiger partial charge in [-0.25, -0.2) is 0 Å². The lowest BCUT2D eigenvalue weighted by Gasteiger charge is -2.32. The molecule has 0 amide bonds. The molecule has 1 aromatic rings. The number of rotatable bonds is 4. The average molecular weight is 259 g/mol. The molecular formula is C16H21NO2. The summed E-state index contributed by atoms with van der Waals surface area (Å²) < 4.78 is 11.2. The first-order chi connectivity index (χ1) is 9.26. The monoisotopic (exact) mass is 259 g/mol. The number of hydrogen-bond donors (Lipinski definition) is 0. The third kappa shape index (κ3) is 3.41. The molecule has 102 valence electrons. The zero-order valence-electron chi connectivity index (χ0n) is 11.6. The molecule has 1 fully saturated rings. The topological polar surface area (TPSA) is 42.2 Å². The maximum Gasteiger partial charge on any atom is 0.123 e. The summed E-state index contributed by atoms with van der Waals surface area (Å²) in [6, 6.07) is 10.00. The van der Waals surface area contributed by atoms with Crippen molar-refractivity contribution >= 4 is 0 Å². The lowest BCUT2D eigenvalue weighted by molar-refractivity contribution is 0.0890. The molecule has 1 aromatic carbocycles. The summed E-state index contributed by atoms with van der Waals surface area (Å²) in [7, 11) is 1.64. The third-order valence-corrected chi connectivity index (χ3v) is 3.97. The van der Waals surface area contributed by atoms with Crippen molar-refractivity contribution < 1.29 is 9.47 Å². The van der Waals surface area contributed by atoms with E-state index in [1.165, 1.54) is 0 Å². The van der Waals surface area contributed by atoms with Crippen LogP contribution in [0.3, 0.4) is 0 Å². The summed E-state index contributed by atoms with van der Waals surface area (Å²) in [6.07, 6.45) is 4.24. The van der Waals surface area contributed by atoms with Gasteiger partial charge in [0.1, 0.15) is 17.6 Å². The predicted octanol–water partition coefficient (Wildman–Crippen LogP) is 3.79. The van der Waals surface area contributed by atoms with Gasteiger partial charge in [0.25, 0.3) is 0 Å². The Balaban J connectivity index is 2.07. The maximum absolute atomic E-state index is 9.24. The molecule has 3 nitrogen and oxygen atoms in total. The van der Waals surface area contributed by atoms with Gasteiger partial charge in [-0.3, -0.25) is 0 Å². The van der Waals surface area contributed by atoms with Gasteiger partial charge in [0, 0.05) is 6.07 Å². The van der Waals surface area contributed by atoms with E-state index in [0.717, 1.165) is 37.2 Å². The second-order valence-electron chi connectivity index (χ2n) is 5.16. The highest BCUT2D eigenvalue weighted by molar-refractivity contribution is 5.33. The fourth-order valence-electron chi connectivity index (χ4n) is 2.71. The third-order valence-electron chi connectivity index (χ3n) is 3.97. The van der Waals surface area contributed by atoms with Gasteiger partial charge < -0.3 is 9.47 Å². The zero-order valence-corrected chi connectivity index (χ0v) is 11.6. The molecule has 0 radical (unpaired) electrons. The van der Waals surface area contributed by atoms with Crippen molar-refractivity contribution in [3.63, 3.8) is 0 Å². The lowest BCUT2D eigenvalue weighted by atomic mass is 9.79. The number of nitrogens with zero attached hydrogens (tertiary/aromatic N) is 1. The van der Waals surface area contributed by atoms with Gasteiger partial charge in [0.15, 0.2) is 0 Å². The van der Waals surface area contributed by atoms with E-state index < -0.39 is 0 Å². The Bertz CT molecular complexity index is 452. The van der Waals surface area contributed by atoms with Crippen molar-refractivity contribution in [3.8, 4) is 17.6 Å². The van der Waals surface area contributed by atoms with Crippen molar-refractivity contribution in [2.24, 2.45) is 11.8 Å². The summed E-state index contributed by atoms with van der Waals surface area (Å²) in [6.45, 7) is 2.21. The first kappa shape index (κ1) is 13.7. The summed E-state index contributed by atoms with van der Waals surface area (Å²) in [5.41, 5.74) is 0. The SMILES string of the molecule is CCC1CCC(C#N)C(Oc2cccc(OC)c2)C1. The first-order valence-electron chi connectivity index (χ1n) is 6.97. The van der Waals surface area contributed by atoms with Gasteiger partial charge in [0.05, 0.1) is 19.1 Å². The minimum atomic E-state index is 0.00833. The van der Waals surface area contributed by atoms with Crippen molar-refractivity contribution in [1.82, 2.24) is 0 Å². The van der Waals surface area contributed by atoms with E-state index in [2.05, 4.69) is 13.0 Å². The maximum atomic E-state index is 9.24. The smallest absolute Gasteiger partial charge is 0.123 e. The number of hydrogen-bond acceptors (Lipinski definition) is 3. The largest absolute Gasteiger partial charge is 0.497 e. The molecular weight excluding hydrogens is 238 g/mol. The number of methoxy groups -OCH3 is 1. The van der Waals surface area contributed by atoms with E-state index in [0.29, 0.717) is 5.92 Å². The predicted molar refractivity (Wildman–Crippen MR) is 74.1 cm³/mol. The molecule has 0 aliphatic heterocycles. The highest BCUT2D eigenvalue weighted by Crippen LogP contribution is 2.34. The Labute approximate surface area is 115 Å². The average Bonchev–Trinajstić information content (AvgIpc) is 2.47. The van der Waals surface area contributed by atoms with Gasteiger partial charge in [-0.1, -0.05) is 19.4 Å². The van der Waals surface area contributed by atoms with E-state index in [1.54, 1.807) is 7.11 Å². The molecule has 1 aliphatic rings. The van der Waals surface area contributed by atoms with Crippen LogP contribution in [0.2, 0.25) is 0 Å². The molecule has 0 aromatic heterocycles. The van der Waals surface area contributed by atoms with Crippen molar-refractivity contribution in [2.75, 3.05) is 7.11 Å². The van der Waals surface area contributed by atoms with Crippen LogP contribution in [0.4, 0.5) is 0 Å². The molecule has 3 atom stereocenters. The number of ether oxygens (including phenoxy) is 2. The van der Waals surface area contributed by atoms with Crippen LogP contribution in [0, 0.1) is 23.2 Å². The highest BCUT2D eigenvalue weighted by atomic mass is 16.5. The minimum Gasteiger partial charge on any atom is -0.497 e. The quantitative estimate of drug-likeness (QED) is 0.826. The van der Waals surface area contributed by atoms with Gasteiger partial charge >= 0.3 is 0 Å². The highest BCUT2D eigenvalue weighted by Gasteiger charge is 2.31. The summed E-state index contributed by atoms with van der Waals surface area (Å²) in [4.78, 5) is 0. The van der Waals surface area contributed by atoms with E-state index in [4.69, 9.17) is 9.47 Å². The molecule has 19 heavy (non-hydrogen) atoms. The van der Waals surface area contributed by atoms with Crippen molar-refractivity contribution in [2.45, 2.75) is 38.7 Å². The molecule has 1 aliphatic carbocycles. The summed E-state index contributed by atoms with van der Waals surface area (Å²) in [5, 5.41) is 9.24. The van der Waals surface area contributed by atoms with Crippen molar-refractivity contribution in [1.29, 1.82) is 5.26 Å². The van der Waals surface area contributed by atoms with Crippen LogP contribution in [0.25, 0.3) is 0 Å². The van der Waals surface area contributed by atoms with Crippen LogP contribution >= 0.6 is 0 Å². The molecule has 1 saturated carbocycles. The molecule has 0 spiro atoms. The minimum absolute atomic E-state index is 0.00833. The van der Waals surface area contributed by atoms with E-state index in [-0.39, 0.29) is 12.0 Å². The second-order valence-corrected chi connectivity index (χ2v) is 5.16. The van der Waals surface area contributed by atoms with Crippen molar-refractivity contribution in [3.05, 3.63) is 24.3 Å². The van der Waals surface area contributed by atoms with Gasteiger partial charge in [-0.15, -0.1) is 0 Å². The van der Waals surface area contributed by atoms with E-state index >= 15 is 0 Å². The van der Waals surface area contributed by atoms with Crippen LogP contribution in [-0.4, -0.2) is 13.2 Å². The van der Waals surface area contributed by atoms with Crippen LogP contribution in [0.1, 0.15) is 32.6 Å². The molecule has 0 N–H and O–H groups in total. The van der Waals surface area contributed by atoms with Crippen LogP contribution in [0.15, 0.2) is 24.3 Å². The van der Waals surface area contributed by atoms with Crippen LogP contribution in [0.5, 0.6) is 11.5 Å². The molecule has 2 rings (SSSR count). The first-order valence-corrected chi connectivity index (χ1v) is 6.97. The number of nitriles is 1. The Hall–Kier alpha value is -1.69. The zero-order chi connectivity index (χ0) is 13.7. The van der Waals surface area contributed by atoms with Gasteiger partial charge in [-0.2, -0.15) is 5.26 Å². The normalized spacial score (nSPS) is 26.5. The number of benzene rings is 1. The van der Waals surface area contributed by atoms with E-state index in [9.17, 15) is 5.26 Å². The molecule has 3 heteroatoms. The summed E-state index contributed by atoms with van der Waals surface area (Å²) in [5.74, 6) is 2.27. The Morgan fingerprint density at radius 1 is 1.32 bits per heavy atom. The Morgan fingerprint density at radius 2 is 2.11 bits per heavy atom. The van der Waals surface area contributed by atoms with Crippen LogP contribution in [-0.2, 0) is 0 Å². The fourth-order valence-corrected chi connectivity index (χ4v) is 2.71. The van der Waals surface area contributed by atoms with Gasteiger partial charge in [0.2, 0.25) is 0 Å².